The molecular formula is C23H27N3O2. The number of aromatic nitrogens is 1. The molecule has 0 radical (unpaired) electrons. The van der Waals surface area contributed by atoms with Gasteiger partial charge in [-0.25, -0.2) is 0 Å². The smallest absolute Gasteiger partial charge is 0.224 e. The number of carbonyl (C=O) groups is 1. The Morgan fingerprint density at radius 1 is 0.893 bits per heavy atom. The number of aryl methyl sites for hydroxylation is 1. The quantitative estimate of drug-likeness (QED) is 0.719. The number of fused-ring (bicyclic) bond motifs is 1. The molecule has 3 aromatic rings. The Balaban J connectivity index is 1.50. The van der Waals surface area contributed by atoms with Crippen molar-refractivity contribution in [3.8, 4) is 11.3 Å². The van der Waals surface area contributed by atoms with Crippen LogP contribution in [0, 0.1) is 0 Å². The zero-order valence-electron chi connectivity index (χ0n) is 16.1. The van der Waals surface area contributed by atoms with Crippen molar-refractivity contribution in [2.24, 2.45) is 0 Å². The first-order valence-corrected chi connectivity index (χ1v) is 10.0. The molecule has 0 aliphatic carbocycles. The van der Waals surface area contributed by atoms with Crippen LogP contribution in [0.1, 0.15) is 6.42 Å². The highest BCUT2D eigenvalue weighted by Crippen LogP contribution is 2.28. The van der Waals surface area contributed by atoms with Crippen molar-refractivity contribution < 1.29 is 9.90 Å². The molecule has 0 atom stereocenters. The van der Waals surface area contributed by atoms with Crippen molar-refractivity contribution in [2.45, 2.75) is 13.0 Å². The normalized spacial score (nSPS) is 15.2. The van der Waals surface area contributed by atoms with Crippen LogP contribution in [-0.4, -0.2) is 64.7 Å². The van der Waals surface area contributed by atoms with E-state index in [1.54, 1.807) is 0 Å². The van der Waals surface area contributed by atoms with E-state index in [1.165, 1.54) is 16.5 Å². The molecule has 1 aliphatic rings. The number of aliphatic hydroxyl groups excluding tert-OH is 1. The molecule has 1 saturated heterocycles. The highest BCUT2D eigenvalue weighted by Gasteiger charge is 2.21. The zero-order chi connectivity index (χ0) is 19.3. The summed E-state index contributed by atoms with van der Waals surface area (Å²) in [6.45, 7) is 4.72. The summed E-state index contributed by atoms with van der Waals surface area (Å²) in [5.41, 5.74) is 3.49. The predicted octanol–water partition coefficient (Wildman–Crippen LogP) is 2.83. The van der Waals surface area contributed by atoms with E-state index >= 15 is 0 Å². The van der Waals surface area contributed by atoms with E-state index in [2.05, 4.69) is 51.9 Å². The molecule has 146 valence electrons. The number of hydrogen-bond donors (Lipinski definition) is 1. The van der Waals surface area contributed by atoms with Crippen molar-refractivity contribution >= 4 is 16.8 Å². The van der Waals surface area contributed by atoms with Gasteiger partial charge in [-0.2, -0.15) is 0 Å². The number of amides is 1. The maximum Gasteiger partial charge on any atom is 0.224 e. The third kappa shape index (κ3) is 3.96. The minimum absolute atomic E-state index is 0.177. The molecule has 1 aliphatic heterocycles. The van der Waals surface area contributed by atoms with Crippen molar-refractivity contribution in [3.63, 3.8) is 0 Å². The fourth-order valence-corrected chi connectivity index (χ4v) is 4.03. The van der Waals surface area contributed by atoms with Crippen LogP contribution < -0.4 is 0 Å². The van der Waals surface area contributed by atoms with Crippen LogP contribution >= 0.6 is 0 Å². The standard InChI is InChI=1S/C23H27N3O2/c27-17-16-24-12-14-25(15-13-24)23(28)10-11-26-21-9-5-4-8-20(21)18-22(26)19-6-2-1-3-7-19/h1-9,18,27H,10-17H2. The number of hydrogen-bond acceptors (Lipinski definition) is 3. The molecule has 1 aromatic heterocycles. The SMILES string of the molecule is O=C(CCn1c(-c2ccccc2)cc2ccccc21)N1CCN(CCO)CC1. The van der Waals surface area contributed by atoms with E-state index in [9.17, 15) is 4.79 Å². The number of nitrogens with zero attached hydrogens (tertiary/aromatic N) is 3. The molecule has 2 heterocycles. The van der Waals surface area contributed by atoms with Gasteiger partial charge in [0.2, 0.25) is 5.91 Å². The average molecular weight is 377 g/mol. The molecule has 1 N–H and O–H groups in total. The molecule has 4 rings (SSSR count). The van der Waals surface area contributed by atoms with Crippen molar-refractivity contribution in [1.29, 1.82) is 0 Å². The van der Waals surface area contributed by atoms with Crippen LogP contribution in [0.25, 0.3) is 22.2 Å². The summed E-state index contributed by atoms with van der Waals surface area (Å²) in [6, 6.07) is 20.9. The van der Waals surface area contributed by atoms with Crippen molar-refractivity contribution in [2.75, 3.05) is 39.3 Å². The Bertz CT molecular complexity index is 927. The molecule has 0 saturated carbocycles. The fraction of sp³-hybridized carbons (Fsp3) is 0.348. The van der Waals surface area contributed by atoms with Gasteiger partial charge in [-0.15, -0.1) is 0 Å². The highest BCUT2D eigenvalue weighted by molar-refractivity contribution is 5.87. The summed E-state index contributed by atoms with van der Waals surface area (Å²) in [5.74, 6) is 0.209. The van der Waals surface area contributed by atoms with Crippen molar-refractivity contribution in [3.05, 3.63) is 60.7 Å². The summed E-state index contributed by atoms with van der Waals surface area (Å²) in [4.78, 5) is 17.0. The third-order valence-corrected chi connectivity index (χ3v) is 5.57. The van der Waals surface area contributed by atoms with E-state index in [0.29, 0.717) is 19.5 Å². The number of carbonyl (C=O) groups excluding carboxylic acids is 1. The van der Waals surface area contributed by atoms with E-state index in [-0.39, 0.29) is 12.5 Å². The van der Waals surface area contributed by atoms with Gasteiger partial charge in [0.05, 0.1) is 6.61 Å². The van der Waals surface area contributed by atoms with Gasteiger partial charge in [-0.3, -0.25) is 9.69 Å². The van der Waals surface area contributed by atoms with Crippen LogP contribution in [0.15, 0.2) is 60.7 Å². The molecule has 2 aromatic carbocycles. The maximum atomic E-state index is 12.8. The van der Waals surface area contributed by atoms with Crippen molar-refractivity contribution in [1.82, 2.24) is 14.4 Å². The van der Waals surface area contributed by atoms with Gasteiger partial charge < -0.3 is 14.6 Å². The molecular weight excluding hydrogens is 350 g/mol. The highest BCUT2D eigenvalue weighted by atomic mass is 16.3. The largest absolute Gasteiger partial charge is 0.395 e. The van der Waals surface area contributed by atoms with E-state index in [4.69, 9.17) is 5.11 Å². The number of aliphatic hydroxyl groups is 1. The first-order valence-electron chi connectivity index (χ1n) is 10.0. The second kappa shape index (κ2) is 8.59. The Kier molecular flexibility index (Phi) is 5.74. The number of β-amino-alcohol motifs (C(OH)–C–C–N with tert-alkyl or cyclic N) is 1. The van der Waals surface area contributed by atoms with E-state index in [1.807, 2.05) is 23.1 Å². The summed E-state index contributed by atoms with van der Waals surface area (Å²) in [7, 11) is 0. The number of para-hydroxylation sites is 1. The van der Waals surface area contributed by atoms with Gasteiger partial charge in [-0.05, 0) is 17.7 Å². The second-order valence-electron chi connectivity index (χ2n) is 7.30. The predicted molar refractivity (Wildman–Crippen MR) is 112 cm³/mol. The summed E-state index contributed by atoms with van der Waals surface area (Å²) >= 11 is 0. The van der Waals surface area contributed by atoms with Crippen LogP contribution in [0.3, 0.4) is 0 Å². The summed E-state index contributed by atoms with van der Waals surface area (Å²) in [5, 5.41) is 10.3. The Labute approximate surface area is 165 Å². The van der Waals surface area contributed by atoms with Gasteiger partial charge in [0.1, 0.15) is 0 Å². The molecule has 0 spiro atoms. The lowest BCUT2D eigenvalue weighted by Gasteiger charge is -2.34. The van der Waals surface area contributed by atoms with E-state index < -0.39 is 0 Å². The Morgan fingerprint density at radius 2 is 1.61 bits per heavy atom. The van der Waals surface area contributed by atoms with Gasteiger partial charge >= 0.3 is 0 Å². The lowest BCUT2D eigenvalue weighted by molar-refractivity contribution is -0.133. The number of piperazine rings is 1. The first kappa shape index (κ1) is 18.7. The monoisotopic (exact) mass is 377 g/mol. The van der Waals surface area contributed by atoms with E-state index in [0.717, 1.165) is 31.9 Å². The molecule has 0 unspecified atom stereocenters. The van der Waals surface area contributed by atoms with Crippen LogP contribution in [0.5, 0.6) is 0 Å². The lowest BCUT2D eigenvalue weighted by Crippen LogP contribution is -2.49. The molecule has 5 heteroatoms. The number of rotatable bonds is 6. The van der Waals surface area contributed by atoms with Crippen LogP contribution in [-0.2, 0) is 11.3 Å². The minimum Gasteiger partial charge on any atom is -0.395 e. The Hall–Kier alpha value is -2.63. The molecule has 1 fully saturated rings. The average Bonchev–Trinajstić information content (AvgIpc) is 3.12. The van der Waals surface area contributed by atoms with Gasteiger partial charge in [0.15, 0.2) is 0 Å². The third-order valence-electron chi connectivity index (χ3n) is 5.57. The summed E-state index contributed by atoms with van der Waals surface area (Å²) in [6.07, 6.45) is 0.499. The van der Waals surface area contributed by atoms with Gasteiger partial charge in [-0.1, -0.05) is 48.5 Å². The lowest BCUT2D eigenvalue weighted by atomic mass is 10.1. The zero-order valence-corrected chi connectivity index (χ0v) is 16.1. The molecule has 1 amide bonds. The molecule has 0 bridgehead atoms. The van der Waals surface area contributed by atoms with Gasteiger partial charge in [0.25, 0.3) is 0 Å². The van der Waals surface area contributed by atoms with Gasteiger partial charge in [0, 0.05) is 62.3 Å². The second-order valence-corrected chi connectivity index (χ2v) is 7.30. The fourth-order valence-electron chi connectivity index (χ4n) is 4.03. The summed E-state index contributed by atoms with van der Waals surface area (Å²) < 4.78 is 2.27. The topological polar surface area (TPSA) is 48.7 Å². The maximum absolute atomic E-state index is 12.8. The number of benzene rings is 2. The Morgan fingerprint density at radius 3 is 2.36 bits per heavy atom. The molecule has 28 heavy (non-hydrogen) atoms. The molecule has 5 nitrogen and oxygen atoms in total. The van der Waals surface area contributed by atoms with Crippen LogP contribution in [0.2, 0.25) is 0 Å². The first-order chi connectivity index (χ1) is 13.8. The van der Waals surface area contributed by atoms with Crippen LogP contribution in [0.4, 0.5) is 0 Å². The minimum atomic E-state index is 0.177.